The topological polar surface area (TPSA) is 100 Å². The quantitative estimate of drug-likeness (QED) is 0.653. The van der Waals surface area contributed by atoms with Gasteiger partial charge in [-0.1, -0.05) is 0 Å². The van der Waals surface area contributed by atoms with Gasteiger partial charge in [0.1, 0.15) is 4.90 Å². The van der Waals surface area contributed by atoms with Crippen molar-refractivity contribution >= 4 is 27.3 Å². The summed E-state index contributed by atoms with van der Waals surface area (Å²) in [5, 5.41) is 17.3. The van der Waals surface area contributed by atoms with Crippen LogP contribution in [0.4, 0.5) is 0 Å². The molecule has 1 aromatic heterocycles. The normalized spacial score (nSPS) is 11.4. The van der Waals surface area contributed by atoms with E-state index in [0.29, 0.717) is 0 Å². The maximum Gasteiger partial charge on any atom is 0.239 e. The molecule has 0 bridgehead atoms. The van der Waals surface area contributed by atoms with Crippen LogP contribution in [-0.2, 0) is 10.0 Å². The fraction of sp³-hybridized carbons (Fsp3) is 0. The predicted octanol–water partition coefficient (Wildman–Crippen LogP) is -1.24. The summed E-state index contributed by atoms with van der Waals surface area (Å²) in [6.45, 7) is 0. The highest BCUT2D eigenvalue weighted by molar-refractivity contribution is 7.89. The fourth-order valence-electron chi connectivity index (χ4n) is 0.654. The zero-order valence-electron chi connectivity index (χ0n) is 5.68. The highest BCUT2D eigenvalue weighted by Gasteiger charge is 2.14. The lowest BCUT2D eigenvalue weighted by Crippen LogP contribution is -2.25. The molecule has 7 heteroatoms. The molecule has 0 atom stereocenters. The first-order chi connectivity index (χ1) is 5.43. The summed E-state index contributed by atoms with van der Waals surface area (Å²) in [6.07, 6.45) is 0. The maximum absolute atomic E-state index is 10.7. The first-order valence-corrected chi connectivity index (χ1v) is 5.22. The third-order valence-corrected chi connectivity index (χ3v) is 3.00. The molecule has 0 radical (unpaired) electrons. The Labute approximate surface area is 72.5 Å². The van der Waals surface area contributed by atoms with Gasteiger partial charge < -0.3 is 9.90 Å². The average molecular weight is 206 g/mol. The number of thiophene rings is 1. The van der Waals surface area contributed by atoms with Crippen LogP contribution in [0.1, 0.15) is 10.4 Å². The minimum Gasteiger partial charge on any atom is -0.545 e. The molecule has 0 saturated heterocycles. The second-order valence-electron chi connectivity index (χ2n) is 1.98. The molecule has 1 aromatic rings. The molecule has 1 heterocycles. The number of aromatic carboxylic acids is 1. The molecule has 2 N–H and O–H groups in total. The van der Waals surface area contributed by atoms with Crippen LogP contribution in [0.2, 0.25) is 0 Å². The smallest absolute Gasteiger partial charge is 0.239 e. The molecule has 0 aromatic carbocycles. The Morgan fingerprint density at radius 1 is 1.50 bits per heavy atom. The van der Waals surface area contributed by atoms with Gasteiger partial charge in [-0.25, -0.2) is 13.6 Å². The van der Waals surface area contributed by atoms with Crippen molar-refractivity contribution in [2.45, 2.75) is 4.90 Å². The van der Waals surface area contributed by atoms with Crippen molar-refractivity contribution in [2.75, 3.05) is 0 Å². The number of carbonyl (C=O) groups is 1. The lowest BCUT2D eigenvalue weighted by atomic mass is 10.3. The molecule has 66 valence electrons. The summed E-state index contributed by atoms with van der Waals surface area (Å²) in [7, 11) is -3.95. The van der Waals surface area contributed by atoms with Crippen LogP contribution in [0.5, 0.6) is 0 Å². The number of nitrogens with two attached hydrogens (primary N) is 1. The summed E-state index contributed by atoms with van der Waals surface area (Å²) in [5.74, 6) is -1.54. The van der Waals surface area contributed by atoms with Crippen LogP contribution in [0.15, 0.2) is 15.7 Å². The first kappa shape index (κ1) is 9.17. The van der Waals surface area contributed by atoms with Crippen molar-refractivity contribution < 1.29 is 18.3 Å². The molecular weight excluding hydrogens is 202 g/mol. The van der Waals surface area contributed by atoms with Crippen molar-refractivity contribution in [3.8, 4) is 0 Å². The van der Waals surface area contributed by atoms with Crippen LogP contribution in [0.25, 0.3) is 0 Å². The highest BCUT2D eigenvalue weighted by atomic mass is 32.2. The Kier molecular flexibility index (Phi) is 2.18. The van der Waals surface area contributed by atoms with Gasteiger partial charge in [0.2, 0.25) is 10.0 Å². The summed E-state index contributed by atoms with van der Waals surface area (Å²) in [5.41, 5.74) is -0.387. The Hall–Kier alpha value is -0.920. The molecule has 0 unspecified atom stereocenters. The van der Waals surface area contributed by atoms with Crippen molar-refractivity contribution in [3.05, 3.63) is 16.3 Å². The zero-order chi connectivity index (χ0) is 9.35. The molecule has 5 nitrogen and oxygen atoms in total. The second kappa shape index (κ2) is 2.85. The lowest BCUT2D eigenvalue weighted by molar-refractivity contribution is -0.255. The van der Waals surface area contributed by atoms with Gasteiger partial charge in [-0.15, -0.1) is 0 Å². The Balaban J connectivity index is 3.36. The Bertz CT molecular complexity index is 405. The summed E-state index contributed by atoms with van der Waals surface area (Å²) in [4.78, 5) is 9.91. The maximum atomic E-state index is 10.7. The summed E-state index contributed by atoms with van der Waals surface area (Å²) >= 11 is 0.941. The number of rotatable bonds is 2. The fourth-order valence-corrected chi connectivity index (χ4v) is 2.56. The van der Waals surface area contributed by atoms with Crippen molar-refractivity contribution in [1.82, 2.24) is 0 Å². The molecule has 0 aliphatic carbocycles. The Morgan fingerprint density at radius 2 is 2.08 bits per heavy atom. The lowest BCUT2D eigenvalue weighted by Gasteiger charge is -2.00. The van der Waals surface area contributed by atoms with Gasteiger partial charge in [0.15, 0.2) is 0 Å². The number of primary sulfonamides is 1. The number of hydrogen-bond acceptors (Lipinski definition) is 5. The van der Waals surface area contributed by atoms with E-state index in [4.69, 9.17) is 5.14 Å². The first-order valence-electron chi connectivity index (χ1n) is 2.73. The molecular formula is C5H4NO4S2-. The standard InChI is InChI=1S/C5H5NO4S2/c6-12(9,10)4-2-11-1-3(4)5(7)8/h1-2H,(H,7,8)(H2,6,9,10)/p-1. The zero-order valence-corrected chi connectivity index (χ0v) is 7.31. The SMILES string of the molecule is NS(=O)(=O)c1cscc1C(=O)[O-]. The van der Waals surface area contributed by atoms with E-state index in [-0.39, 0.29) is 5.56 Å². The van der Waals surface area contributed by atoms with Crippen LogP contribution in [0.3, 0.4) is 0 Å². The van der Waals surface area contributed by atoms with Gasteiger partial charge in [-0.2, -0.15) is 11.3 Å². The minimum absolute atomic E-state index is 0.387. The van der Waals surface area contributed by atoms with E-state index >= 15 is 0 Å². The van der Waals surface area contributed by atoms with Crippen molar-refractivity contribution in [3.63, 3.8) is 0 Å². The number of carboxylic acid groups (broad SMARTS) is 1. The van der Waals surface area contributed by atoms with Crippen LogP contribution in [-0.4, -0.2) is 14.4 Å². The summed E-state index contributed by atoms with van der Waals surface area (Å²) < 4.78 is 21.4. The van der Waals surface area contributed by atoms with E-state index in [2.05, 4.69) is 0 Å². The Morgan fingerprint density at radius 3 is 2.42 bits per heavy atom. The molecule has 0 amide bonds. The van der Waals surface area contributed by atoms with E-state index < -0.39 is 20.9 Å². The van der Waals surface area contributed by atoms with Gasteiger partial charge in [-0.3, -0.25) is 0 Å². The van der Waals surface area contributed by atoms with Gasteiger partial charge in [-0.05, 0) is 0 Å². The largest absolute Gasteiger partial charge is 0.545 e. The van der Waals surface area contributed by atoms with E-state index in [1.165, 1.54) is 0 Å². The second-order valence-corrected chi connectivity index (χ2v) is 4.26. The van der Waals surface area contributed by atoms with E-state index in [9.17, 15) is 18.3 Å². The summed E-state index contributed by atoms with van der Waals surface area (Å²) in [6, 6.07) is 0. The van der Waals surface area contributed by atoms with Crippen LogP contribution < -0.4 is 10.2 Å². The molecule has 0 saturated carbocycles. The molecule has 0 aliphatic rings. The number of carbonyl (C=O) groups excluding carboxylic acids is 1. The van der Waals surface area contributed by atoms with Crippen LogP contribution in [0, 0.1) is 0 Å². The molecule has 1 rings (SSSR count). The minimum atomic E-state index is -3.95. The van der Waals surface area contributed by atoms with Gasteiger partial charge >= 0.3 is 0 Å². The monoisotopic (exact) mass is 206 g/mol. The molecule has 12 heavy (non-hydrogen) atoms. The van der Waals surface area contributed by atoms with E-state index in [1.807, 2.05) is 0 Å². The number of carboxylic acids is 1. The third kappa shape index (κ3) is 1.63. The number of hydrogen-bond donors (Lipinski definition) is 1. The van der Waals surface area contributed by atoms with Gasteiger partial charge in [0.05, 0.1) is 5.97 Å². The molecule has 0 spiro atoms. The predicted molar refractivity (Wildman–Crippen MR) is 40.0 cm³/mol. The van der Waals surface area contributed by atoms with Crippen molar-refractivity contribution in [1.29, 1.82) is 0 Å². The van der Waals surface area contributed by atoms with Gasteiger partial charge in [0.25, 0.3) is 0 Å². The number of sulfonamides is 1. The van der Waals surface area contributed by atoms with Crippen molar-refractivity contribution in [2.24, 2.45) is 5.14 Å². The molecule has 0 aliphatic heterocycles. The molecule has 0 fully saturated rings. The highest BCUT2D eigenvalue weighted by Crippen LogP contribution is 2.17. The third-order valence-electron chi connectivity index (χ3n) is 1.15. The van der Waals surface area contributed by atoms with E-state index in [0.717, 1.165) is 22.1 Å². The van der Waals surface area contributed by atoms with Crippen LogP contribution >= 0.6 is 11.3 Å². The van der Waals surface area contributed by atoms with E-state index in [1.54, 1.807) is 0 Å². The van der Waals surface area contributed by atoms with Gasteiger partial charge in [0, 0.05) is 16.3 Å². The average Bonchev–Trinajstić information content (AvgIpc) is 2.30.